The maximum Gasteiger partial charge on any atom is 0.307 e. The first-order valence-corrected chi connectivity index (χ1v) is 19.6. The molecule has 278 valence electrons. The van der Waals surface area contributed by atoms with E-state index in [0.717, 1.165) is 65.9 Å². The summed E-state index contributed by atoms with van der Waals surface area (Å²) in [6.07, 6.45) is 10.5. The highest BCUT2D eigenvalue weighted by Gasteiger charge is 2.54. The van der Waals surface area contributed by atoms with Gasteiger partial charge in [-0.3, -0.25) is 9.69 Å². The van der Waals surface area contributed by atoms with Gasteiger partial charge < -0.3 is 25.2 Å². The number of rotatable bonds is 13. The minimum atomic E-state index is -0.896. The first-order valence-electron chi connectivity index (χ1n) is 18.4. The molecule has 0 radical (unpaired) electrons. The van der Waals surface area contributed by atoms with Crippen LogP contribution in [0.2, 0.25) is 0 Å². The maximum atomic E-state index is 11.6. The number of carbonyl (C=O) groups is 1. The number of carbonyl (C=O) groups excluding carboxylic acids is 1. The first-order chi connectivity index (χ1) is 25.7. The second-order valence-electron chi connectivity index (χ2n) is 14.5. The fraction of sp³-hybridized carbons (Fsp3) is 0.429. The van der Waals surface area contributed by atoms with Crippen molar-refractivity contribution in [3.8, 4) is 11.6 Å². The van der Waals surface area contributed by atoms with Crippen LogP contribution in [0.4, 0.5) is 0 Å². The summed E-state index contributed by atoms with van der Waals surface area (Å²) in [6, 6.07) is 19.1. The first kappa shape index (κ1) is 37.3. The zero-order chi connectivity index (χ0) is 37.2. The lowest BCUT2D eigenvalue weighted by molar-refractivity contribution is -0.141. The summed E-state index contributed by atoms with van der Waals surface area (Å²) in [7, 11) is 3.39. The van der Waals surface area contributed by atoms with Crippen molar-refractivity contribution in [2.75, 3.05) is 33.9 Å². The SMILES string of the molecule is COc1nc(C2(SC3CCc4c3ccc(CN3CC[C@@H](C(=O)O)C3)c4OC)C=CC=C(c3ccccc3)C2(C)Cl)ccc1CNC[C@@H]1CCC(=C=O)N1. The molecule has 1 aromatic heterocycles. The number of ether oxygens (including phenoxy) is 2. The Morgan fingerprint density at radius 3 is 2.62 bits per heavy atom. The number of nitrogens with zero attached hydrogens (tertiary/aromatic N) is 2. The Labute approximate surface area is 320 Å². The highest BCUT2D eigenvalue weighted by atomic mass is 35.5. The maximum absolute atomic E-state index is 11.6. The molecule has 3 heterocycles. The number of nitrogens with one attached hydrogen (secondary N) is 2. The van der Waals surface area contributed by atoms with Crippen LogP contribution in [0, 0.1) is 5.92 Å². The van der Waals surface area contributed by atoms with Crippen molar-refractivity contribution in [3.63, 3.8) is 0 Å². The number of methoxy groups -OCH3 is 2. The Morgan fingerprint density at radius 1 is 1.09 bits per heavy atom. The number of aromatic nitrogens is 1. The third-order valence-corrected chi connectivity index (χ3v) is 13.8. The predicted octanol–water partition coefficient (Wildman–Crippen LogP) is 6.83. The molecule has 2 fully saturated rings. The molecule has 2 aromatic carbocycles. The van der Waals surface area contributed by atoms with Crippen LogP contribution >= 0.6 is 23.4 Å². The molecule has 2 saturated heterocycles. The van der Waals surface area contributed by atoms with E-state index in [4.69, 9.17) is 26.1 Å². The molecule has 3 N–H and O–H groups in total. The molecule has 3 aromatic rings. The third kappa shape index (κ3) is 7.28. The fourth-order valence-electron chi connectivity index (χ4n) is 8.45. The molecule has 7 rings (SSSR count). The van der Waals surface area contributed by atoms with Crippen molar-refractivity contribution >= 4 is 40.8 Å². The summed E-state index contributed by atoms with van der Waals surface area (Å²) in [5.74, 6) is 2.39. The second-order valence-corrected chi connectivity index (χ2v) is 16.7. The van der Waals surface area contributed by atoms with E-state index < -0.39 is 15.6 Å². The molecule has 0 amide bonds. The number of halogens is 1. The van der Waals surface area contributed by atoms with Crippen LogP contribution < -0.4 is 20.1 Å². The van der Waals surface area contributed by atoms with Gasteiger partial charge in [0, 0.05) is 55.0 Å². The van der Waals surface area contributed by atoms with Crippen LogP contribution in [0.1, 0.15) is 71.4 Å². The van der Waals surface area contributed by atoms with Crippen LogP contribution in [-0.2, 0) is 33.8 Å². The van der Waals surface area contributed by atoms with Crippen molar-refractivity contribution in [2.24, 2.45) is 5.92 Å². The molecular weight excluding hydrogens is 708 g/mol. The van der Waals surface area contributed by atoms with E-state index in [2.05, 4.69) is 77.1 Å². The number of fused-ring (bicyclic) bond motifs is 1. The Bertz CT molecular complexity index is 1960. The van der Waals surface area contributed by atoms with E-state index >= 15 is 0 Å². The summed E-state index contributed by atoms with van der Waals surface area (Å²) in [5, 5.41) is 16.4. The third-order valence-electron chi connectivity index (χ3n) is 11.3. The number of thioether (sulfide) groups is 1. The van der Waals surface area contributed by atoms with Gasteiger partial charge in [-0.1, -0.05) is 66.8 Å². The van der Waals surface area contributed by atoms with Gasteiger partial charge in [-0.2, -0.15) is 0 Å². The summed E-state index contributed by atoms with van der Waals surface area (Å²) >= 11 is 9.76. The number of benzene rings is 2. The smallest absolute Gasteiger partial charge is 0.307 e. The monoisotopic (exact) mass is 754 g/mol. The van der Waals surface area contributed by atoms with E-state index in [1.165, 1.54) is 11.1 Å². The summed E-state index contributed by atoms with van der Waals surface area (Å²) in [6.45, 7) is 5.34. The van der Waals surface area contributed by atoms with Gasteiger partial charge in [0.25, 0.3) is 0 Å². The van der Waals surface area contributed by atoms with Gasteiger partial charge in [-0.25, -0.2) is 9.78 Å². The van der Waals surface area contributed by atoms with E-state index in [1.54, 1.807) is 14.2 Å². The Kier molecular flexibility index (Phi) is 11.1. The number of likely N-dealkylation sites (tertiary alicyclic amines) is 1. The zero-order valence-corrected chi connectivity index (χ0v) is 32.1. The number of pyridine rings is 1. The molecule has 2 aliphatic heterocycles. The van der Waals surface area contributed by atoms with Crippen LogP contribution in [0.5, 0.6) is 11.6 Å². The van der Waals surface area contributed by atoms with Gasteiger partial charge in [0.05, 0.1) is 41.1 Å². The van der Waals surface area contributed by atoms with Gasteiger partial charge in [0.15, 0.2) is 0 Å². The van der Waals surface area contributed by atoms with Gasteiger partial charge in [-0.15, -0.1) is 23.4 Å². The van der Waals surface area contributed by atoms with Gasteiger partial charge in [0.1, 0.15) is 11.7 Å². The van der Waals surface area contributed by atoms with Crippen molar-refractivity contribution in [1.82, 2.24) is 20.5 Å². The minimum Gasteiger partial charge on any atom is -0.496 e. The molecule has 4 aliphatic rings. The number of allylic oxidation sites excluding steroid dienone is 4. The number of carboxylic acid groups (broad SMARTS) is 1. The second kappa shape index (κ2) is 15.7. The number of carboxylic acids is 1. The number of aliphatic carboxylic acids is 1. The average molecular weight is 755 g/mol. The lowest BCUT2D eigenvalue weighted by Gasteiger charge is -2.47. The van der Waals surface area contributed by atoms with Crippen molar-refractivity contribution in [3.05, 3.63) is 112 Å². The van der Waals surface area contributed by atoms with Crippen LogP contribution in [0.15, 0.2) is 78.5 Å². The van der Waals surface area contributed by atoms with E-state index in [1.807, 2.05) is 35.9 Å². The highest BCUT2D eigenvalue weighted by molar-refractivity contribution is 8.00. The van der Waals surface area contributed by atoms with Gasteiger partial charge in [0.2, 0.25) is 5.88 Å². The molecule has 3 unspecified atom stereocenters. The van der Waals surface area contributed by atoms with Crippen LogP contribution in [0.3, 0.4) is 0 Å². The molecule has 5 atom stereocenters. The molecule has 53 heavy (non-hydrogen) atoms. The molecule has 9 nitrogen and oxygen atoms in total. The van der Waals surface area contributed by atoms with Crippen LogP contribution in [-0.4, -0.2) is 71.7 Å². The van der Waals surface area contributed by atoms with Crippen molar-refractivity contribution in [2.45, 2.75) is 73.0 Å². The summed E-state index contributed by atoms with van der Waals surface area (Å²) < 4.78 is 11.3. The van der Waals surface area contributed by atoms with Gasteiger partial charge in [-0.05, 0) is 67.5 Å². The van der Waals surface area contributed by atoms with Crippen molar-refractivity contribution < 1.29 is 24.2 Å². The zero-order valence-electron chi connectivity index (χ0n) is 30.5. The molecule has 0 spiro atoms. The van der Waals surface area contributed by atoms with Gasteiger partial charge >= 0.3 is 5.97 Å². The van der Waals surface area contributed by atoms with E-state index in [0.29, 0.717) is 44.2 Å². The number of hydrogen-bond acceptors (Lipinski definition) is 9. The fourth-order valence-corrected chi connectivity index (χ4v) is 10.7. The molecular formula is C42H47ClN4O5S. The number of alkyl halides is 1. The lowest BCUT2D eigenvalue weighted by Crippen LogP contribution is -2.45. The van der Waals surface area contributed by atoms with Crippen molar-refractivity contribution in [1.29, 1.82) is 0 Å². The predicted molar refractivity (Wildman–Crippen MR) is 210 cm³/mol. The normalized spacial score (nSPS) is 26.5. The van der Waals surface area contributed by atoms with Crippen LogP contribution in [0.25, 0.3) is 5.57 Å². The molecule has 2 aliphatic carbocycles. The molecule has 0 bridgehead atoms. The van der Waals surface area contributed by atoms with E-state index in [-0.39, 0.29) is 17.2 Å². The standard InChI is InChI=1S/C42H47ClN4O5S/c1-41(43)35(27-8-5-4-6-9-27)10-7-20-42(41,37-18-12-28(39(46-37)52-3)22-44-23-31-13-14-32(26-48)45-31)53-36-17-16-34-33(36)15-11-29(38(34)51-2)24-47-21-19-30(25-47)40(49)50/h4-12,15,18,20,30-31,36,44-45H,13-14,16-17,19,21-25H2,1-3H3,(H,49,50)/t30-,31+,36?,41?,42?/m1/s1. The Hall–Kier alpha value is -4.05. The Morgan fingerprint density at radius 2 is 1.91 bits per heavy atom. The Balaban J connectivity index is 1.20. The minimum absolute atomic E-state index is 0.104. The average Bonchev–Trinajstić information content (AvgIpc) is 3.93. The lowest BCUT2D eigenvalue weighted by atomic mass is 9.77. The van der Waals surface area contributed by atoms with E-state index in [9.17, 15) is 14.7 Å². The summed E-state index contributed by atoms with van der Waals surface area (Å²) in [4.78, 5) is 29.2. The highest BCUT2D eigenvalue weighted by Crippen LogP contribution is 2.62. The summed E-state index contributed by atoms with van der Waals surface area (Å²) in [5.41, 5.74) is 8.00. The largest absolute Gasteiger partial charge is 0.496 e. The quantitative estimate of drug-likeness (QED) is 0.127. The molecule has 11 heteroatoms. The number of hydrogen-bond donors (Lipinski definition) is 3. The topological polar surface area (TPSA) is 113 Å². The molecule has 0 saturated carbocycles.